The Morgan fingerprint density at radius 2 is 1.83 bits per heavy atom. The van der Waals surface area contributed by atoms with Crippen LogP contribution >= 0.6 is 0 Å². The molecule has 0 aliphatic heterocycles. The van der Waals surface area contributed by atoms with E-state index in [0.717, 1.165) is 0 Å². The van der Waals surface area contributed by atoms with E-state index in [1.54, 1.807) is 0 Å². The molecule has 0 heterocycles. The van der Waals surface area contributed by atoms with Gasteiger partial charge in [0, 0.05) is 0 Å². The third kappa shape index (κ3) is 3.68. The number of hydrogen-bond donors (Lipinski definition) is 0. The molecule has 12 heavy (non-hydrogen) atoms. The summed E-state index contributed by atoms with van der Waals surface area (Å²) >= 11 is 0. The molecule has 1 rings (SSSR count). The zero-order valence-corrected chi connectivity index (χ0v) is 8.08. The Morgan fingerprint density at radius 3 is 2.42 bits per heavy atom. The first-order valence-corrected chi connectivity index (χ1v) is 4.93. The van der Waals surface area contributed by atoms with Gasteiger partial charge in [-0.2, -0.15) is 0 Å². The molecule has 0 aromatic rings. The van der Waals surface area contributed by atoms with Crippen molar-refractivity contribution >= 4 is 6.01 Å². The van der Waals surface area contributed by atoms with Gasteiger partial charge in [0.15, 0.2) is 0 Å². The molecule has 0 bridgehead atoms. The molecule has 0 atom stereocenters. The minimum absolute atomic E-state index is 0.331. The summed E-state index contributed by atoms with van der Waals surface area (Å²) in [5.41, 5.74) is 0. The first kappa shape index (κ1) is 9.47. The quantitative estimate of drug-likeness (QED) is 0.563. The standard InChI is InChI=1S/C10H18N2/c1-9(2)11-8-12-10-6-4-3-5-7-10/h9-10H,3-7H2,1-2H3. The van der Waals surface area contributed by atoms with Crippen LogP contribution in [0.4, 0.5) is 0 Å². The second kappa shape index (κ2) is 5.10. The fraction of sp³-hybridized carbons (Fsp3) is 0.900. The minimum atomic E-state index is 0.331. The summed E-state index contributed by atoms with van der Waals surface area (Å²) in [4.78, 5) is 8.41. The lowest BCUT2D eigenvalue weighted by atomic mass is 9.96. The van der Waals surface area contributed by atoms with Crippen LogP contribution in [0.1, 0.15) is 46.0 Å². The molecular weight excluding hydrogens is 148 g/mol. The molecule has 0 radical (unpaired) electrons. The molecule has 0 spiro atoms. The molecule has 68 valence electrons. The molecule has 1 fully saturated rings. The third-order valence-electron chi connectivity index (χ3n) is 2.13. The van der Waals surface area contributed by atoms with Gasteiger partial charge in [-0.3, -0.25) is 0 Å². The van der Waals surface area contributed by atoms with Gasteiger partial charge in [0.1, 0.15) is 0 Å². The van der Waals surface area contributed by atoms with Crippen molar-refractivity contribution in [2.75, 3.05) is 0 Å². The van der Waals surface area contributed by atoms with Gasteiger partial charge < -0.3 is 0 Å². The van der Waals surface area contributed by atoms with Crippen LogP contribution < -0.4 is 0 Å². The Bertz CT molecular complexity index is 172. The molecule has 1 aliphatic carbocycles. The Hall–Kier alpha value is -0.620. The van der Waals surface area contributed by atoms with Crippen molar-refractivity contribution in [1.29, 1.82) is 0 Å². The van der Waals surface area contributed by atoms with Crippen LogP contribution in [-0.4, -0.2) is 18.1 Å². The molecule has 1 saturated carbocycles. The van der Waals surface area contributed by atoms with Gasteiger partial charge in [-0.05, 0) is 26.7 Å². The smallest absolute Gasteiger partial charge is 0.0898 e. The largest absolute Gasteiger partial charge is 0.223 e. The van der Waals surface area contributed by atoms with Crippen molar-refractivity contribution in [3.63, 3.8) is 0 Å². The summed E-state index contributed by atoms with van der Waals surface area (Å²) in [6.07, 6.45) is 6.52. The lowest BCUT2D eigenvalue weighted by Gasteiger charge is -2.15. The maximum atomic E-state index is 4.31. The van der Waals surface area contributed by atoms with Crippen LogP contribution in [0, 0.1) is 0 Å². The molecule has 1 aliphatic rings. The maximum Gasteiger partial charge on any atom is 0.0898 e. The van der Waals surface area contributed by atoms with Gasteiger partial charge in [-0.25, -0.2) is 9.98 Å². The van der Waals surface area contributed by atoms with E-state index >= 15 is 0 Å². The second-order valence-corrected chi connectivity index (χ2v) is 3.74. The lowest BCUT2D eigenvalue weighted by Crippen LogP contribution is -2.08. The molecule has 0 aromatic heterocycles. The number of rotatable bonds is 2. The van der Waals surface area contributed by atoms with Gasteiger partial charge in [0.25, 0.3) is 0 Å². The summed E-state index contributed by atoms with van der Waals surface area (Å²) in [7, 11) is 0. The topological polar surface area (TPSA) is 24.7 Å². The first-order valence-electron chi connectivity index (χ1n) is 4.93. The predicted octanol–water partition coefficient (Wildman–Crippen LogP) is 2.90. The lowest BCUT2D eigenvalue weighted by molar-refractivity contribution is 0.444. The highest BCUT2D eigenvalue weighted by Crippen LogP contribution is 2.19. The van der Waals surface area contributed by atoms with E-state index < -0.39 is 0 Å². The van der Waals surface area contributed by atoms with Gasteiger partial charge in [0.2, 0.25) is 0 Å². The molecular formula is C10H18N2. The monoisotopic (exact) mass is 166 g/mol. The van der Waals surface area contributed by atoms with E-state index in [-0.39, 0.29) is 0 Å². The maximum absolute atomic E-state index is 4.31. The highest BCUT2D eigenvalue weighted by Gasteiger charge is 2.10. The van der Waals surface area contributed by atoms with Crippen molar-refractivity contribution in [2.45, 2.75) is 58.0 Å². The normalized spacial score (nSPS) is 18.9. The third-order valence-corrected chi connectivity index (χ3v) is 2.13. The fourth-order valence-corrected chi connectivity index (χ4v) is 1.44. The highest BCUT2D eigenvalue weighted by atomic mass is 14.9. The van der Waals surface area contributed by atoms with Crippen LogP contribution in [0.2, 0.25) is 0 Å². The molecule has 0 amide bonds. The Kier molecular flexibility index (Phi) is 4.02. The Balaban J connectivity index is 2.33. The summed E-state index contributed by atoms with van der Waals surface area (Å²) < 4.78 is 0. The van der Waals surface area contributed by atoms with E-state index in [2.05, 4.69) is 16.0 Å². The van der Waals surface area contributed by atoms with Gasteiger partial charge in [-0.15, -0.1) is 0 Å². The summed E-state index contributed by atoms with van der Waals surface area (Å²) in [5, 5.41) is 0. The van der Waals surface area contributed by atoms with Crippen molar-refractivity contribution < 1.29 is 0 Å². The van der Waals surface area contributed by atoms with Gasteiger partial charge in [-0.1, -0.05) is 19.3 Å². The van der Waals surface area contributed by atoms with E-state index in [9.17, 15) is 0 Å². The van der Waals surface area contributed by atoms with Crippen LogP contribution in [0.15, 0.2) is 9.98 Å². The van der Waals surface area contributed by atoms with Crippen LogP contribution in [-0.2, 0) is 0 Å². The first-order chi connectivity index (χ1) is 5.79. The fourth-order valence-electron chi connectivity index (χ4n) is 1.44. The van der Waals surface area contributed by atoms with E-state index in [1.165, 1.54) is 32.1 Å². The van der Waals surface area contributed by atoms with Crippen LogP contribution in [0.25, 0.3) is 0 Å². The van der Waals surface area contributed by atoms with Crippen molar-refractivity contribution in [2.24, 2.45) is 9.98 Å². The van der Waals surface area contributed by atoms with Crippen molar-refractivity contribution in [3.05, 3.63) is 0 Å². The number of hydrogen-bond acceptors (Lipinski definition) is 2. The van der Waals surface area contributed by atoms with Gasteiger partial charge >= 0.3 is 0 Å². The van der Waals surface area contributed by atoms with E-state index in [1.807, 2.05) is 13.8 Å². The molecule has 0 saturated heterocycles. The van der Waals surface area contributed by atoms with E-state index in [4.69, 9.17) is 0 Å². The molecule has 2 nitrogen and oxygen atoms in total. The van der Waals surface area contributed by atoms with Crippen molar-refractivity contribution in [3.8, 4) is 0 Å². The minimum Gasteiger partial charge on any atom is -0.223 e. The Labute approximate surface area is 74.8 Å². The molecule has 0 aromatic carbocycles. The zero-order valence-electron chi connectivity index (χ0n) is 8.08. The average Bonchev–Trinajstić information content (AvgIpc) is 2.05. The molecule has 0 N–H and O–H groups in total. The summed E-state index contributed by atoms with van der Waals surface area (Å²) in [6.45, 7) is 4.09. The van der Waals surface area contributed by atoms with Gasteiger partial charge in [0.05, 0.1) is 18.1 Å². The predicted molar refractivity (Wildman–Crippen MR) is 51.9 cm³/mol. The summed E-state index contributed by atoms with van der Waals surface area (Å²) in [6, 6.07) is 3.65. The molecule has 0 unspecified atom stereocenters. The Morgan fingerprint density at radius 1 is 1.17 bits per heavy atom. The van der Waals surface area contributed by atoms with Crippen LogP contribution in [0.3, 0.4) is 0 Å². The zero-order chi connectivity index (χ0) is 8.81. The molecule has 2 heteroatoms. The number of nitrogens with zero attached hydrogens (tertiary/aromatic N) is 2. The second-order valence-electron chi connectivity index (χ2n) is 3.74. The van der Waals surface area contributed by atoms with Crippen LogP contribution in [0.5, 0.6) is 0 Å². The number of aliphatic imine (C=N–C) groups is 2. The highest BCUT2D eigenvalue weighted by molar-refractivity contribution is 5.41. The van der Waals surface area contributed by atoms with E-state index in [0.29, 0.717) is 12.1 Å². The average molecular weight is 166 g/mol. The van der Waals surface area contributed by atoms with Crippen molar-refractivity contribution in [1.82, 2.24) is 0 Å². The summed E-state index contributed by atoms with van der Waals surface area (Å²) in [5.74, 6) is 0. The SMILES string of the molecule is CC(C)N=C=NC1CCCCC1.